The van der Waals surface area contributed by atoms with Crippen LogP contribution in [0.1, 0.15) is 19.3 Å². The van der Waals surface area contributed by atoms with Gasteiger partial charge < -0.3 is 14.7 Å². The molecule has 6 nitrogen and oxygen atoms in total. The second-order valence-corrected chi connectivity index (χ2v) is 5.46. The van der Waals surface area contributed by atoms with Gasteiger partial charge in [-0.15, -0.1) is 0 Å². The quantitative estimate of drug-likeness (QED) is 0.631. The van der Waals surface area contributed by atoms with Crippen molar-refractivity contribution in [3.63, 3.8) is 0 Å². The SMILES string of the molecule is O=C(Oc1ccccc1)C(CC(=O)N1CCC[C@H]1C(=O)O)C(F)F. The number of aliphatic carboxylic acids is 1. The fourth-order valence-electron chi connectivity index (χ4n) is 2.58. The number of carboxylic acid groups (broad SMARTS) is 1. The topological polar surface area (TPSA) is 83.9 Å². The molecule has 0 bridgehead atoms. The number of hydrogen-bond acceptors (Lipinski definition) is 4. The third kappa shape index (κ3) is 4.27. The molecule has 2 rings (SSSR count). The van der Waals surface area contributed by atoms with Crippen LogP contribution in [0.15, 0.2) is 30.3 Å². The van der Waals surface area contributed by atoms with Crippen LogP contribution in [0.5, 0.6) is 5.75 Å². The molecular formula is C16H17F2NO5. The van der Waals surface area contributed by atoms with Crippen molar-refractivity contribution in [2.24, 2.45) is 5.92 Å². The highest BCUT2D eigenvalue weighted by atomic mass is 19.3. The predicted octanol–water partition coefficient (Wildman–Crippen LogP) is 1.94. The van der Waals surface area contributed by atoms with Crippen molar-refractivity contribution in [3.05, 3.63) is 30.3 Å². The lowest BCUT2D eigenvalue weighted by Gasteiger charge is -2.23. The van der Waals surface area contributed by atoms with Crippen LogP contribution in [0, 0.1) is 5.92 Å². The summed E-state index contributed by atoms with van der Waals surface area (Å²) in [6.45, 7) is 0.180. The second-order valence-electron chi connectivity index (χ2n) is 5.46. The van der Waals surface area contributed by atoms with Gasteiger partial charge in [0.15, 0.2) is 0 Å². The molecule has 0 radical (unpaired) electrons. The molecule has 1 aliphatic heterocycles. The van der Waals surface area contributed by atoms with E-state index in [1.54, 1.807) is 18.2 Å². The third-order valence-electron chi connectivity index (χ3n) is 3.82. The Labute approximate surface area is 137 Å². The van der Waals surface area contributed by atoms with Crippen molar-refractivity contribution in [3.8, 4) is 5.75 Å². The first-order chi connectivity index (χ1) is 11.4. The first-order valence-corrected chi connectivity index (χ1v) is 7.47. The number of ether oxygens (including phenoxy) is 1. The van der Waals surface area contributed by atoms with Gasteiger partial charge in [0.1, 0.15) is 17.7 Å². The zero-order chi connectivity index (χ0) is 17.7. The predicted molar refractivity (Wildman–Crippen MR) is 78.6 cm³/mol. The Morgan fingerprint density at radius 3 is 2.50 bits per heavy atom. The van der Waals surface area contributed by atoms with E-state index in [2.05, 4.69) is 0 Å². The van der Waals surface area contributed by atoms with Crippen molar-refractivity contribution < 1.29 is 33.0 Å². The number of hydrogen-bond donors (Lipinski definition) is 1. The lowest BCUT2D eigenvalue weighted by atomic mass is 10.1. The van der Waals surface area contributed by atoms with E-state index in [1.807, 2.05) is 0 Å². The fourth-order valence-corrected chi connectivity index (χ4v) is 2.58. The number of carbonyl (C=O) groups excluding carboxylic acids is 2. The molecule has 24 heavy (non-hydrogen) atoms. The van der Waals surface area contributed by atoms with Crippen LogP contribution in [-0.4, -0.2) is 46.9 Å². The van der Waals surface area contributed by atoms with Crippen molar-refractivity contribution in [2.45, 2.75) is 31.7 Å². The molecule has 1 saturated heterocycles. The van der Waals surface area contributed by atoms with Gasteiger partial charge in [0.2, 0.25) is 5.91 Å². The van der Waals surface area contributed by atoms with Gasteiger partial charge >= 0.3 is 11.9 Å². The summed E-state index contributed by atoms with van der Waals surface area (Å²) in [4.78, 5) is 36.2. The monoisotopic (exact) mass is 341 g/mol. The molecule has 1 aromatic carbocycles. The number of alkyl halides is 2. The molecule has 1 fully saturated rings. The van der Waals surface area contributed by atoms with Gasteiger partial charge in [0.25, 0.3) is 6.43 Å². The van der Waals surface area contributed by atoms with E-state index in [4.69, 9.17) is 9.84 Å². The Morgan fingerprint density at radius 2 is 1.92 bits per heavy atom. The van der Waals surface area contributed by atoms with Crippen molar-refractivity contribution >= 4 is 17.8 Å². The van der Waals surface area contributed by atoms with Gasteiger partial charge in [-0.25, -0.2) is 13.6 Å². The first kappa shape index (κ1) is 17.8. The second kappa shape index (κ2) is 7.85. The third-order valence-corrected chi connectivity index (χ3v) is 3.82. The van der Waals surface area contributed by atoms with E-state index in [0.717, 1.165) is 4.90 Å². The maximum Gasteiger partial charge on any atom is 0.326 e. The summed E-state index contributed by atoms with van der Waals surface area (Å²) in [5.74, 6) is -5.01. The van der Waals surface area contributed by atoms with Crippen LogP contribution in [0.2, 0.25) is 0 Å². The molecule has 0 aromatic heterocycles. The number of halogens is 2. The highest BCUT2D eigenvalue weighted by Gasteiger charge is 2.39. The number of benzene rings is 1. The van der Waals surface area contributed by atoms with Crippen LogP contribution in [0.25, 0.3) is 0 Å². The zero-order valence-electron chi connectivity index (χ0n) is 12.7. The fraction of sp³-hybridized carbons (Fsp3) is 0.438. The van der Waals surface area contributed by atoms with Gasteiger partial charge in [0.05, 0.1) is 0 Å². The standard InChI is InChI=1S/C16H17F2NO5/c17-14(18)11(16(23)24-10-5-2-1-3-6-10)9-13(20)19-8-4-7-12(19)15(21)22/h1-3,5-6,11-12,14H,4,7-9H2,(H,21,22)/t11?,12-/m0/s1. The van der Waals surface area contributed by atoms with Crippen LogP contribution < -0.4 is 4.74 Å². The summed E-state index contributed by atoms with van der Waals surface area (Å²) in [5, 5.41) is 9.05. The number of esters is 1. The van der Waals surface area contributed by atoms with Crippen LogP contribution in [0.4, 0.5) is 8.78 Å². The number of rotatable bonds is 6. The van der Waals surface area contributed by atoms with E-state index < -0.39 is 42.7 Å². The Balaban J connectivity index is 2.04. The van der Waals surface area contributed by atoms with E-state index in [-0.39, 0.29) is 18.7 Å². The molecule has 8 heteroatoms. The molecule has 130 valence electrons. The summed E-state index contributed by atoms with van der Waals surface area (Å²) in [6, 6.07) is 6.66. The van der Waals surface area contributed by atoms with E-state index in [1.165, 1.54) is 12.1 Å². The molecule has 0 aliphatic carbocycles. The van der Waals surface area contributed by atoms with Gasteiger partial charge in [-0.05, 0) is 25.0 Å². The number of carbonyl (C=O) groups is 3. The molecule has 1 unspecified atom stereocenters. The number of likely N-dealkylation sites (tertiary alicyclic amines) is 1. The smallest absolute Gasteiger partial charge is 0.326 e. The Bertz CT molecular complexity index is 608. The maximum absolute atomic E-state index is 13.2. The van der Waals surface area contributed by atoms with Crippen LogP contribution in [0.3, 0.4) is 0 Å². The number of nitrogens with zero attached hydrogens (tertiary/aromatic N) is 1. The molecule has 0 saturated carbocycles. The van der Waals surface area contributed by atoms with Crippen molar-refractivity contribution in [1.82, 2.24) is 4.90 Å². The van der Waals surface area contributed by atoms with E-state index in [9.17, 15) is 23.2 Å². The minimum Gasteiger partial charge on any atom is -0.480 e. The molecular weight excluding hydrogens is 324 g/mol. The van der Waals surface area contributed by atoms with Gasteiger partial charge in [-0.1, -0.05) is 18.2 Å². The lowest BCUT2D eigenvalue weighted by Crippen LogP contribution is -2.42. The minimum atomic E-state index is -3.09. The number of amides is 1. The molecule has 1 heterocycles. The maximum atomic E-state index is 13.2. The summed E-state index contributed by atoms with van der Waals surface area (Å²) >= 11 is 0. The molecule has 1 aromatic rings. The van der Waals surface area contributed by atoms with Gasteiger partial charge in [0, 0.05) is 13.0 Å². The highest BCUT2D eigenvalue weighted by molar-refractivity contribution is 5.87. The van der Waals surface area contributed by atoms with Gasteiger partial charge in [-0.3, -0.25) is 9.59 Å². The summed E-state index contributed by atoms with van der Waals surface area (Å²) < 4.78 is 31.2. The Hall–Kier alpha value is -2.51. The van der Waals surface area contributed by atoms with Crippen LogP contribution >= 0.6 is 0 Å². The number of carboxylic acids is 1. The van der Waals surface area contributed by atoms with Gasteiger partial charge in [-0.2, -0.15) is 0 Å². The van der Waals surface area contributed by atoms with Crippen LogP contribution in [-0.2, 0) is 14.4 Å². The average Bonchev–Trinajstić information content (AvgIpc) is 3.02. The highest BCUT2D eigenvalue weighted by Crippen LogP contribution is 2.24. The summed E-state index contributed by atoms with van der Waals surface area (Å²) in [6.07, 6.45) is -3.12. The van der Waals surface area contributed by atoms with Crippen molar-refractivity contribution in [2.75, 3.05) is 6.54 Å². The minimum absolute atomic E-state index is 0.102. The number of para-hydroxylation sites is 1. The largest absolute Gasteiger partial charge is 0.480 e. The molecule has 1 aliphatic rings. The van der Waals surface area contributed by atoms with E-state index >= 15 is 0 Å². The Morgan fingerprint density at radius 1 is 1.25 bits per heavy atom. The normalized spacial score (nSPS) is 18.5. The van der Waals surface area contributed by atoms with Crippen molar-refractivity contribution in [1.29, 1.82) is 0 Å². The van der Waals surface area contributed by atoms with E-state index in [0.29, 0.717) is 6.42 Å². The lowest BCUT2D eigenvalue weighted by molar-refractivity contribution is -0.152. The molecule has 1 amide bonds. The Kier molecular flexibility index (Phi) is 5.83. The summed E-state index contributed by atoms with van der Waals surface area (Å²) in [5.41, 5.74) is 0. The molecule has 1 N–H and O–H groups in total. The zero-order valence-corrected chi connectivity index (χ0v) is 12.7. The molecule has 0 spiro atoms. The summed E-state index contributed by atoms with van der Waals surface area (Å²) in [7, 11) is 0. The average molecular weight is 341 g/mol. The molecule has 2 atom stereocenters. The first-order valence-electron chi connectivity index (χ1n) is 7.47.